The summed E-state index contributed by atoms with van der Waals surface area (Å²) in [6.07, 6.45) is 0. The lowest BCUT2D eigenvalue weighted by molar-refractivity contribution is 0.282. The second-order valence-corrected chi connectivity index (χ2v) is 4.30. The van der Waals surface area contributed by atoms with E-state index in [1.807, 2.05) is 24.3 Å². The Morgan fingerprint density at radius 2 is 1.71 bits per heavy atom. The van der Waals surface area contributed by atoms with Crippen molar-refractivity contribution in [3.05, 3.63) is 59.2 Å². The third-order valence-electron chi connectivity index (χ3n) is 2.80. The lowest BCUT2D eigenvalue weighted by atomic mass is 10.1. The largest absolute Gasteiger partial charge is 0.392 e. The molecule has 0 radical (unpaired) electrons. The highest BCUT2D eigenvalue weighted by molar-refractivity contribution is 5.63. The topological polar surface area (TPSA) is 32.3 Å². The first-order valence-electron chi connectivity index (χ1n) is 5.73. The van der Waals surface area contributed by atoms with Crippen LogP contribution in [-0.4, -0.2) is 5.11 Å². The molecule has 2 nitrogen and oxygen atoms in total. The molecular weight excluding hydrogens is 210 g/mol. The van der Waals surface area contributed by atoms with Gasteiger partial charge >= 0.3 is 0 Å². The Morgan fingerprint density at radius 3 is 2.29 bits per heavy atom. The number of aliphatic hydroxyl groups is 1. The Labute approximate surface area is 102 Å². The molecule has 2 rings (SSSR count). The van der Waals surface area contributed by atoms with E-state index < -0.39 is 0 Å². The van der Waals surface area contributed by atoms with Gasteiger partial charge in [-0.15, -0.1) is 0 Å². The molecule has 0 atom stereocenters. The van der Waals surface area contributed by atoms with Crippen molar-refractivity contribution in [2.75, 3.05) is 5.32 Å². The minimum Gasteiger partial charge on any atom is -0.392 e. The number of rotatable bonds is 3. The number of hydrogen-bond acceptors (Lipinski definition) is 2. The number of hydrogen-bond donors (Lipinski definition) is 2. The maximum Gasteiger partial charge on any atom is 0.0681 e. The van der Waals surface area contributed by atoms with Crippen molar-refractivity contribution in [1.82, 2.24) is 0 Å². The number of aryl methyl sites for hydroxylation is 2. The average Bonchev–Trinajstić information content (AvgIpc) is 2.34. The van der Waals surface area contributed by atoms with Crippen LogP contribution in [0.1, 0.15) is 16.7 Å². The van der Waals surface area contributed by atoms with Gasteiger partial charge in [-0.2, -0.15) is 0 Å². The SMILES string of the molecule is Cc1ccc(Nc2ccc(CO)cc2)c(C)c1. The minimum absolute atomic E-state index is 0.0871. The second-order valence-electron chi connectivity index (χ2n) is 4.30. The monoisotopic (exact) mass is 227 g/mol. The Kier molecular flexibility index (Phi) is 3.45. The van der Waals surface area contributed by atoms with E-state index in [1.165, 1.54) is 11.1 Å². The van der Waals surface area contributed by atoms with Crippen molar-refractivity contribution in [3.8, 4) is 0 Å². The van der Waals surface area contributed by atoms with Crippen molar-refractivity contribution in [1.29, 1.82) is 0 Å². The van der Waals surface area contributed by atoms with Gasteiger partial charge in [-0.25, -0.2) is 0 Å². The van der Waals surface area contributed by atoms with Gasteiger partial charge in [0.2, 0.25) is 0 Å². The van der Waals surface area contributed by atoms with Gasteiger partial charge in [0.25, 0.3) is 0 Å². The molecule has 0 heterocycles. The fourth-order valence-corrected chi connectivity index (χ4v) is 1.80. The molecule has 0 aliphatic carbocycles. The van der Waals surface area contributed by atoms with Crippen molar-refractivity contribution in [2.45, 2.75) is 20.5 Å². The number of aliphatic hydroxyl groups excluding tert-OH is 1. The van der Waals surface area contributed by atoms with Crippen LogP contribution in [0.3, 0.4) is 0 Å². The molecule has 0 aromatic heterocycles. The summed E-state index contributed by atoms with van der Waals surface area (Å²) >= 11 is 0. The van der Waals surface area contributed by atoms with Crippen LogP contribution < -0.4 is 5.32 Å². The molecule has 0 fully saturated rings. The fourth-order valence-electron chi connectivity index (χ4n) is 1.80. The van der Waals surface area contributed by atoms with Gasteiger partial charge in [0.05, 0.1) is 6.61 Å². The molecule has 2 aromatic carbocycles. The zero-order valence-electron chi connectivity index (χ0n) is 10.2. The summed E-state index contributed by atoms with van der Waals surface area (Å²) in [4.78, 5) is 0. The molecule has 2 heteroatoms. The normalized spacial score (nSPS) is 10.3. The molecule has 0 amide bonds. The molecule has 0 aliphatic heterocycles. The van der Waals surface area contributed by atoms with Crippen molar-refractivity contribution in [3.63, 3.8) is 0 Å². The predicted molar refractivity (Wildman–Crippen MR) is 71.6 cm³/mol. The average molecular weight is 227 g/mol. The van der Waals surface area contributed by atoms with Crippen LogP contribution in [0.15, 0.2) is 42.5 Å². The van der Waals surface area contributed by atoms with E-state index >= 15 is 0 Å². The van der Waals surface area contributed by atoms with Crippen LogP contribution >= 0.6 is 0 Å². The van der Waals surface area contributed by atoms with Crippen LogP contribution in [0.25, 0.3) is 0 Å². The molecule has 0 saturated carbocycles. The molecule has 0 spiro atoms. The summed E-state index contributed by atoms with van der Waals surface area (Å²) < 4.78 is 0. The Bertz CT molecular complexity index is 503. The van der Waals surface area contributed by atoms with Gasteiger partial charge in [0.1, 0.15) is 0 Å². The Morgan fingerprint density at radius 1 is 1.00 bits per heavy atom. The van der Waals surface area contributed by atoms with Crippen molar-refractivity contribution in [2.24, 2.45) is 0 Å². The van der Waals surface area contributed by atoms with Gasteiger partial charge in [-0.3, -0.25) is 0 Å². The molecule has 2 aromatic rings. The highest BCUT2D eigenvalue weighted by Crippen LogP contribution is 2.21. The summed E-state index contributed by atoms with van der Waals surface area (Å²) in [5, 5.41) is 12.3. The smallest absolute Gasteiger partial charge is 0.0681 e. The molecule has 0 saturated heterocycles. The lowest BCUT2D eigenvalue weighted by Crippen LogP contribution is -1.94. The summed E-state index contributed by atoms with van der Waals surface area (Å²) in [5.74, 6) is 0. The number of nitrogens with one attached hydrogen (secondary N) is 1. The first-order valence-corrected chi connectivity index (χ1v) is 5.73. The van der Waals surface area contributed by atoms with Crippen LogP contribution in [0.2, 0.25) is 0 Å². The maximum absolute atomic E-state index is 8.97. The summed E-state index contributed by atoms with van der Waals surface area (Å²) in [5.41, 5.74) is 5.58. The van der Waals surface area contributed by atoms with Crippen molar-refractivity contribution >= 4 is 11.4 Å². The Hall–Kier alpha value is -1.80. The van der Waals surface area contributed by atoms with Crippen LogP contribution in [0, 0.1) is 13.8 Å². The quantitative estimate of drug-likeness (QED) is 0.840. The molecular formula is C15H17NO. The maximum atomic E-state index is 8.97. The molecule has 17 heavy (non-hydrogen) atoms. The number of anilines is 2. The van der Waals surface area contributed by atoms with Gasteiger partial charge < -0.3 is 10.4 Å². The fraction of sp³-hybridized carbons (Fsp3) is 0.200. The highest BCUT2D eigenvalue weighted by atomic mass is 16.3. The molecule has 0 unspecified atom stereocenters. The van der Waals surface area contributed by atoms with E-state index in [0.717, 1.165) is 16.9 Å². The molecule has 0 aliphatic rings. The highest BCUT2D eigenvalue weighted by Gasteiger charge is 1.99. The first kappa shape index (κ1) is 11.7. The van der Waals surface area contributed by atoms with E-state index in [9.17, 15) is 0 Å². The van der Waals surface area contributed by atoms with Gasteiger partial charge in [0, 0.05) is 11.4 Å². The second kappa shape index (κ2) is 5.02. The predicted octanol–water partition coefficient (Wildman–Crippen LogP) is 3.54. The van der Waals surface area contributed by atoms with Gasteiger partial charge in [-0.05, 0) is 43.2 Å². The van der Waals surface area contributed by atoms with Crippen molar-refractivity contribution < 1.29 is 5.11 Å². The summed E-state index contributed by atoms with van der Waals surface area (Å²) in [6, 6.07) is 14.1. The van der Waals surface area contributed by atoms with Crippen LogP contribution in [-0.2, 0) is 6.61 Å². The molecule has 2 N–H and O–H groups in total. The van der Waals surface area contributed by atoms with E-state index in [1.54, 1.807) is 0 Å². The molecule has 88 valence electrons. The Balaban J connectivity index is 2.19. The molecule has 0 bridgehead atoms. The summed E-state index contributed by atoms with van der Waals surface area (Å²) in [7, 11) is 0. The van der Waals surface area contributed by atoms with E-state index in [0.29, 0.717) is 0 Å². The summed E-state index contributed by atoms with van der Waals surface area (Å²) in [6.45, 7) is 4.27. The van der Waals surface area contributed by atoms with E-state index in [2.05, 4.69) is 37.4 Å². The third kappa shape index (κ3) is 2.86. The zero-order valence-corrected chi connectivity index (χ0v) is 10.2. The standard InChI is InChI=1S/C15H17NO/c1-11-3-8-15(12(2)9-11)16-14-6-4-13(10-17)5-7-14/h3-9,16-17H,10H2,1-2H3. The lowest BCUT2D eigenvalue weighted by Gasteiger charge is -2.10. The van der Waals surface area contributed by atoms with Gasteiger partial charge in [0.15, 0.2) is 0 Å². The number of benzene rings is 2. The zero-order chi connectivity index (χ0) is 12.3. The van der Waals surface area contributed by atoms with E-state index in [-0.39, 0.29) is 6.61 Å². The van der Waals surface area contributed by atoms with Crippen LogP contribution in [0.4, 0.5) is 11.4 Å². The van der Waals surface area contributed by atoms with Crippen LogP contribution in [0.5, 0.6) is 0 Å². The van der Waals surface area contributed by atoms with Gasteiger partial charge in [-0.1, -0.05) is 29.8 Å². The third-order valence-corrected chi connectivity index (χ3v) is 2.80. The minimum atomic E-state index is 0.0871. The van der Waals surface area contributed by atoms with E-state index in [4.69, 9.17) is 5.11 Å². The first-order chi connectivity index (χ1) is 8.19.